The van der Waals surface area contributed by atoms with Crippen molar-refractivity contribution >= 4 is 37.3 Å². The molecule has 0 spiro atoms. The fourth-order valence-corrected chi connectivity index (χ4v) is 6.28. The van der Waals surface area contributed by atoms with Gasteiger partial charge in [-0.25, -0.2) is 21.1 Å². The summed E-state index contributed by atoms with van der Waals surface area (Å²) in [6, 6.07) is 9.04. The Bertz CT molecular complexity index is 1190. The van der Waals surface area contributed by atoms with Crippen LogP contribution in [-0.4, -0.2) is 35.6 Å². The zero-order chi connectivity index (χ0) is 21.6. The van der Waals surface area contributed by atoms with Gasteiger partial charge in [0.15, 0.2) is 0 Å². The topological polar surface area (TPSA) is 110 Å². The molecule has 1 aliphatic heterocycles. The predicted octanol–water partition coefficient (Wildman–Crippen LogP) is 2.43. The average molecular weight is 439 g/mol. The first-order valence-corrected chi connectivity index (χ1v) is 11.9. The van der Waals surface area contributed by atoms with Crippen molar-refractivity contribution < 1.29 is 26.4 Å². The molecule has 1 saturated heterocycles. The fourth-order valence-electron chi connectivity index (χ4n) is 3.15. The van der Waals surface area contributed by atoms with Crippen molar-refractivity contribution in [3.8, 4) is 5.75 Å². The molecule has 0 radical (unpaired) electrons. The minimum absolute atomic E-state index is 0.0312. The summed E-state index contributed by atoms with van der Waals surface area (Å²) in [5.41, 5.74) is 2.03. The molecule has 2 aromatic carbocycles. The second kappa shape index (κ2) is 7.34. The number of rotatable bonds is 5. The van der Waals surface area contributed by atoms with Gasteiger partial charge in [-0.15, -0.1) is 0 Å². The van der Waals surface area contributed by atoms with Gasteiger partial charge in [0.25, 0.3) is 10.0 Å². The summed E-state index contributed by atoms with van der Waals surface area (Å²) in [6.45, 7) is 5.17. The Morgan fingerprint density at radius 3 is 2.45 bits per heavy atom. The Balaban J connectivity index is 2.10. The molecule has 8 nitrogen and oxygen atoms in total. The molecule has 156 valence electrons. The molecular weight excluding hydrogens is 416 g/mol. The number of carbonyl (C=O) groups is 1. The Kier molecular flexibility index (Phi) is 5.35. The van der Waals surface area contributed by atoms with Crippen LogP contribution in [0.2, 0.25) is 0 Å². The van der Waals surface area contributed by atoms with Crippen LogP contribution >= 0.6 is 0 Å². The minimum atomic E-state index is -4.12. The number of hydrogen-bond acceptors (Lipinski definition) is 6. The Morgan fingerprint density at radius 2 is 1.86 bits per heavy atom. The van der Waals surface area contributed by atoms with Gasteiger partial charge >= 0.3 is 0 Å². The van der Waals surface area contributed by atoms with E-state index < -0.39 is 31.9 Å². The third-order valence-corrected chi connectivity index (χ3v) is 8.14. The van der Waals surface area contributed by atoms with Crippen LogP contribution in [0.15, 0.2) is 41.3 Å². The molecule has 10 heteroatoms. The van der Waals surface area contributed by atoms with E-state index in [1.807, 2.05) is 13.0 Å². The average Bonchev–Trinajstić information content (AvgIpc) is 2.85. The Labute approximate surface area is 170 Å². The van der Waals surface area contributed by atoms with E-state index in [-0.39, 0.29) is 22.1 Å². The van der Waals surface area contributed by atoms with Gasteiger partial charge in [-0.2, -0.15) is 0 Å². The molecule has 1 N–H and O–H groups in total. The highest BCUT2D eigenvalue weighted by atomic mass is 32.2. The predicted molar refractivity (Wildman–Crippen MR) is 110 cm³/mol. The molecule has 1 unspecified atom stereocenters. The third kappa shape index (κ3) is 3.82. The highest BCUT2D eigenvalue weighted by Gasteiger charge is 2.42. The summed E-state index contributed by atoms with van der Waals surface area (Å²) in [5, 5.41) is 0. The quantitative estimate of drug-likeness (QED) is 0.768. The minimum Gasteiger partial charge on any atom is -0.495 e. The number of benzene rings is 2. The molecule has 1 amide bonds. The summed E-state index contributed by atoms with van der Waals surface area (Å²) in [4.78, 5) is 12.1. The SMILES string of the molecule is COc1ccc(N2C(=O)C(C)CS2(=O)=O)cc1S(=O)(=O)Nc1cccc(C)c1C. The molecule has 3 rings (SSSR count). The molecule has 1 atom stereocenters. The zero-order valence-electron chi connectivity index (χ0n) is 16.5. The van der Waals surface area contributed by atoms with Gasteiger partial charge in [0.2, 0.25) is 15.9 Å². The lowest BCUT2D eigenvalue weighted by Gasteiger charge is -2.19. The van der Waals surface area contributed by atoms with E-state index in [0.29, 0.717) is 9.99 Å². The number of anilines is 2. The number of sulfonamides is 2. The molecular formula is C19H22N2O6S2. The van der Waals surface area contributed by atoms with Gasteiger partial charge in [0, 0.05) is 0 Å². The Morgan fingerprint density at radius 1 is 1.17 bits per heavy atom. The van der Waals surface area contributed by atoms with Crippen molar-refractivity contribution in [2.45, 2.75) is 25.7 Å². The van der Waals surface area contributed by atoms with E-state index >= 15 is 0 Å². The molecule has 1 fully saturated rings. The summed E-state index contributed by atoms with van der Waals surface area (Å²) in [7, 11) is -6.68. The van der Waals surface area contributed by atoms with Crippen LogP contribution in [0, 0.1) is 19.8 Å². The molecule has 1 aliphatic rings. The highest BCUT2D eigenvalue weighted by Crippen LogP contribution is 2.35. The maximum absolute atomic E-state index is 13.1. The third-order valence-electron chi connectivity index (χ3n) is 4.88. The van der Waals surface area contributed by atoms with Crippen molar-refractivity contribution in [3.63, 3.8) is 0 Å². The highest BCUT2D eigenvalue weighted by molar-refractivity contribution is 7.94. The van der Waals surface area contributed by atoms with Crippen LogP contribution in [0.3, 0.4) is 0 Å². The van der Waals surface area contributed by atoms with Gasteiger partial charge in [-0.3, -0.25) is 9.52 Å². The first-order chi connectivity index (χ1) is 13.5. The van der Waals surface area contributed by atoms with E-state index in [9.17, 15) is 21.6 Å². The molecule has 29 heavy (non-hydrogen) atoms. The van der Waals surface area contributed by atoms with Crippen molar-refractivity contribution in [1.29, 1.82) is 0 Å². The number of methoxy groups -OCH3 is 1. The van der Waals surface area contributed by atoms with Crippen LogP contribution in [0.1, 0.15) is 18.1 Å². The first kappa shape index (κ1) is 21.1. The molecule has 2 aromatic rings. The van der Waals surface area contributed by atoms with Gasteiger partial charge in [-0.05, 0) is 49.2 Å². The molecule has 0 aliphatic carbocycles. The van der Waals surface area contributed by atoms with Crippen LogP contribution in [0.5, 0.6) is 5.75 Å². The normalized spacial score (nSPS) is 18.7. The van der Waals surface area contributed by atoms with Crippen molar-refractivity contribution in [2.75, 3.05) is 21.9 Å². The number of amides is 1. The lowest BCUT2D eigenvalue weighted by Crippen LogP contribution is -2.30. The zero-order valence-corrected chi connectivity index (χ0v) is 18.1. The first-order valence-electron chi connectivity index (χ1n) is 8.82. The standard InChI is InChI=1S/C19H22N2O6S2/c1-12-6-5-7-16(14(12)3)20-29(25,26)18-10-15(8-9-17(18)27-4)21-19(22)13(2)11-28(21,23)24/h5-10,13,20H,11H2,1-4H3. The van der Waals surface area contributed by atoms with Crippen LogP contribution in [0.25, 0.3) is 0 Å². The van der Waals surface area contributed by atoms with Crippen molar-refractivity contribution in [2.24, 2.45) is 5.92 Å². The second-order valence-electron chi connectivity index (χ2n) is 6.97. The number of aryl methyl sites for hydroxylation is 1. The monoisotopic (exact) mass is 438 g/mol. The molecule has 1 heterocycles. The number of ether oxygens (including phenoxy) is 1. The van der Waals surface area contributed by atoms with E-state index in [4.69, 9.17) is 4.74 Å². The van der Waals surface area contributed by atoms with E-state index in [1.54, 1.807) is 19.1 Å². The van der Waals surface area contributed by atoms with E-state index in [1.165, 1.54) is 26.2 Å². The summed E-state index contributed by atoms with van der Waals surface area (Å²) in [5.74, 6) is -1.58. The van der Waals surface area contributed by atoms with E-state index in [2.05, 4.69) is 4.72 Å². The lowest BCUT2D eigenvalue weighted by atomic mass is 10.1. The van der Waals surface area contributed by atoms with Gasteiger partial charge < -0.3 is 4.74 Å². The van der Waals surface area contributed by atoms with Gasteiger partial charge in [0.05, 0.1) is 30.2 Å². The summed E-state index contributed by atoms with van der Waals surface area (Å²) in [6.07, 6.45) is 0. The van der Waals surface area contributed by atoms with Gasteiger partial charge in [0.1, 0.15) is 10.6 Å². The number of carbonyl (C=O) groups excluding carboxylic acids is 1. The number of nitrogens with one attached hydrogen (secondary N) is 1. The van der Waals surface area contributed by atoms with Gasteiger partial charge in [-0.1, -0.05) is 19.1 Å². The summed E-state index contributed by atoms with van der Waals surface area (Å²) >= 11 is 0. The van der Waals surface area contributed by atoms with Crippen molar-refractivity contribution in [3.05, 3.63) is 47.5 Å². The van der Waals surface area contributed by atoms with Crippen LogP contribution in [0.4, 0.5) is 11.4 Å². The maximum atomic E-state index is 13.1. The van der Waals surface area contributed by atoms with E-state index in [0.717, 1.165) is 17.2 Å². The second-order valence-corrected chi connectivity index (χ2v) is 10.5. The van der Waals surface area contributed by atoms with Crippen molar-refractivity contribution in [1.82, 2.24) is 0 Å². The number of hydrogen-bond donors (Lipinski definition) is 1. The smallest absolute Gasteiger partial charge is 0.265 e. The molecule has 0 aromatic heterocycles. The van der Waals surface area contributed by atoms with Crippen LogP contribution in [-0.2, 0) is 24.8 Å². The van der Waals surface area contributed by atoms with Crippen LogP contribution < -0.4 is 13.8 Å². The Hall–Kier alpha value is -2.59. The molecule has 0 bridgehead atoms. The lowest BCUT2D eigenvalue weighted by molar-refractivity contribution is -0.119. The summed E-state index contributed by atoms with van der Waals surface area (Å²) < 4.78 is 59.3. The number of nitrogens with zero attached hydrogens (tertiary/aromatic N) is 1. The largest absolute Gasteiger partial charge is 0.495 e. The fraction of sp³-hybridized carbons (Fsp3) is 0.316. The maximum Gasteiger partial charge on any atom is 0.265 e. The molecule has 0 saturated carbocycles.